The van der Waals surface area contributed by atoms with Crippen LogP contribution in [-0.2, 0) is 5.41 Å². The Bertz CT molecular complexity index is 1050. The lowest BCUT2D eigenvalue weighted by Gasteiger charge is -2.31. The molecule has 2 heteroatoms. The van der Waals surface area contributed by atoms with E-state index in [1.54, 1.807) is 12.1 Å². The number of benzene rings is 2. The van der Waals surface area contributed by atoms with Gasteiger partial charge in [-0.2, -0.15) is 0 Å². The van der Waals surface area contributed by atoms with Crippen LogP contribution >= 0.6 is 0 Å². The number of hydrogen-bond donors (Lipinski definition) is 1. The molecule has 29 heavy (non-hydrogen) atoms. The molecular weight excluding hydrogens is 356 g/mol. The third kappa shape index (κ3) is 5.06. The lowest BCUT2D eigenvalue weighted by Crippen LogP contribution is -2.21. The summed E-state index contributed by atoms with van der Waals surface area (Å²) in [5.41, 5.74) is 6.08. The summed E-state index contributed by atoms with van der Waals surface area (Å²) in [6.07, 6.45) is 7.32. The van der Waals surface area contributed by atoms with Crippen LogP contribution in [0.1, 0.15) is 73.7 Å². The van der Waals surface area contributed by atoms with Gasteiger partial charge in [0.25, 0.3) is 0 Å². The summed E-state index contributed by atoms with van der Waals surface area (Å²) in [6.45, 7) is 10.9. The Labute approximate surface area is 174 Å². The van der Waals surface area contributed by atoms with E-state index in [0.29, 0.717) is 5.56 Å². The molecule has 0 atom stereocenters. The second-order valence-electron chi connectivity index (χ2n) is 9.27. The molecule has 0 bridgehead atoms. The highest BCUT2D eigenvalue weighted by Crippen LogP contribution is 2.39. The second kappa shape index (κ2) is 7.76. The Hall–Kier alpha value is -3.05. The van der Waals surface area contributed by atoms with Crippen molar-refractivity contribution in [2.24, 2.45) is 5.41 Å². The first kappa shape index (κ1) is 20.7. The second-order valence-corrected chi connectivity index (χ2v) is 9.27. The minimum Gasteiger partial charge on any atom is -0.478 e. The Morgan fingerprint density at radius 3 is 2.28 bits per heavy atom. The molecule has 0 saturated heterocycles. The molecule has 0 aliphatic heterocycles. The normalized spacial score (nSPS) is 15.3. The predicted molar refractivity (Wildman–Crippen MR) is 122 cm³/mol. The van der Waals surface area contributed by atoms with Crippen molar-refractivity contribution in [1.82, 2.24) is 0 Å². The Balaban J connectivity index is 1.94. The van der Waals surface area contributed by atoms with Crippen LogP contribution in [-0.4, -0.2) is 11.1 Å². The smallest absolute Gasteiger partial charge is 0.335 e. The van der Waals surface area contributed by atoms with E-state index >= 15 is 0 Å². The summed E-state index contributed by atoms with van der Waals surface area (Å²) in [7, 11) is 0. The van der Waals surface area contributed by atoms with Gasteiger partial charge in [-0.15, -0.1) is 0 Å². The zero-order valence-electron chi connectivity index (χ0n) is 17.8. The zero-order chi connectivity index (χ0) is 21.2. The van der Waals surface area contributed by atoms with E-state index in [2.05, 4.69) is 76.8 Å². The van der Waals surface area contributed by atoms with Gasteiger partial charge in [0.1, 0.15) is 0 Å². The first-order valence-corrected chi connectivity index (χ1v) is 9.95. The first-order chi connectivity index (χ1) is 13.5. The van der Waals surface area contributed by atoms with Crippen LogP contribution in [0.25, 0.3) is 17.7 Å². The minimum atomic E-state index is -0.909. The summed E-state index contributed by atoms with van der Waals surface area (Å²) in [6, 6.07) is 13.5. The summed E-state index contributed by atoms with van der Waals surface area (Å²) >= 11 is 0. The molecule has 1 aliphatic rings. The third-order valence-corrected chi connectivity index (χ3v) is 5.08. The minimum absolute atomic E-state index is 0.0341. The van der Waals surface area contributed by atoms with Gasteiger partial charge < -0.3 is 5.11 Å². The van der Waals surface area contributed by atoms with E-state index in [0.717, 1.165) is 23.1 Å². The summed E-state index contributed by atoms with van der Waals surface area (Å²) in [4.78, 5) is 11.0. The molecule has 0 radical (unpaired) electrons. The van der Waals surface area contributed by atoms with Crippen molar-refractivity contribution < 1.29 is 9.90 Å². The molecule has 2 aromatic carbocycles. The number of hydrogen-bond acceptors (Lipinski definition) is 1. The van der Waals surface area contributed by atoms with Gasteiger partial charge in [0.05, 0.1) is 5.56 Å². The molecule has 0 heterocycles. The first-order valence-electron chi connectivity index (χ1n) is 9.95. The van der Waals surface area contributed by atoms with Gasteiger partial charge in [0, 0.05) is 11.0 Å². The third-order valence-electron chi connectivity index (χ3n) is 5.08. The number of carbonyl (C=O) groups is 1. The van der Waals surface area contributed by atoms with Gasteiger partial charge in [0.15, 0.2) is 0 Å². The quantitative estimate of drug-likeness (QED) is 0.474. The maximum Gasteiger partial charge on any atom is 0.335 e. The maximum atomic E-state index is 11.0. The van der Waals surface area contributed by atoms with Crippen molar-refractivity contribution in [2.75, 3.05) is 0 Å². The van der Waals surface area contributed by atoms with Crippen molar-refractivity contribution in [3.63, 3.8) is 0 Å². The number of allylic oxidation sites excluding steroid dienone is 2. The van der Waals surface area contributed by atoms with Gasteiger partial charge in [-0.25, -0.2) is 4.79 Å². The maximum absolute atomic E-state index is 11.0. The molecular formula is C27H28O2. The molecule has 0 aromatic heterocycles. The molecule has 2 aromatic rings. The van der Waals surface area contributed by atoms with Crippen LogP contribution < -0.4 is 0 Å². The molecule has 1 aliphatic carbocycles. The average Bonchev–Trinajstić information content (AvgIpc) is 2.65. The van der Waals surface area contributed by atoms with Crippen molar-refractivity contribution >= 4 is 23.7 Å². The van der Waals surface area contributed by atoms with E-state index in [1.807, 2.05) is 18.2 Å². The van der Waals surface area contributed by atoms with Gasteiger partial charge in [-0.05, 0) is 73.1 Å². The summed E-state index contributed by atoms with van der Waals surface area (Å²) in [5.74, 6) is 5.86. The Morgan fingerprint density at radius 2 is 1.66 bits per heavy atom. The molecule has 0 fully saturated rings. The van der Waals surface area contributed by atoms with Crippen LogP contribution in [0.4, 0.5) is 0 Å². The van der Waals surface area contributed by atoms with Crippen LogP contribution in [0, 0.1) is 17.3 Å². The number of carboxylic acid groups (broad SMARTS) is 1. The number of aromatic carboxylic acids is 1. The van der Waals surface area contributed by atoms with E-state index < -0.39 is 5.97 Å². The highest BCUT2D eigenvalue weighted by atomic mass is 16.4. The molecule has 0 amide bonds. The van der Waals surface area contributed by atoms with Crippen molar-refractivity contribution in [3.05, 3.63) is 76.4 Å². The summed E-state index contributed by atoms with van der Waals surface area (Å²) < 4.78 is 0. The standard InChI is InChI=1S/C27H28O2/c1-26(2,3)16-14-21-15-17-27(4,5)24-13-10-20(18-23(21)24)7-6-19-8-11-22(12-9-19)25(28)29/h6-13,15,18H,17H2,1-5H3,(H,28,29)/b7-6+. The highest BCUT2D eigenvalue weighted by molar-refractivity contribution is 5.88. The number of rotatable bonds is 3. The predicted octanol–water partition coefficient (Wildman–Crippen LogP) is 6.67. The fourth-order valence-corrected chi connectivity index (χ4v) is 3.36. The summed E-state index contributed by atoms with van der Waals surface area (Å²) in [5, 5.41) is 9.02. The lowest BCUT2D eigenvalue weighted by atomic mass is 9.73. The van der Waals surface area contributed by atoms with Crippen LogP contribution in [0.5, 0.6) is 0 Å². The monoisotopic (exact) mass is 384 g/mol. The molecule has 2 nitrogen and oxygen atoms in total. The van der Waals surface area contributed by atoms with Crippen molar-refractivity contribution in [3.8, 4) is 11.8 Å². The van der Waals surface area contributed by atoms with Gasteiger partial charge >= 0.3 is 5.97 Å². The molecule has 1 N–H and O–H groups in total. The fraction of sp³-hybridized carbons (Fsp3) is 0.296. The molecule has 0 saturated carbocycles. The van der Waals surface area contributed by atoms with Crippen LogP contribution in [0.3, 0.4) is 0 Å². The topological polar surface area (TPSA) is 37.3 Å². The van der Waals surface area contributed by atoms with Gasteiger partial charge in [-0.3, -0.25) is 0 Å². The molecule has 0 unspecified atom stereocenters. The van der Waals surface area contributed by atoms with Crippen LogP contribution in [0.15, 0.2) is 48.5 Å². The van der Waals surface area contributed by atoms with Crippen molar-refractivity contribution in [1.29, 1.82) is 0 Å². The molecule has 148 valence electrons. The van der Waals surface area contributed by atoms with Gasteiger partial charge in [0.2, 0.25) is 0 Å². The SMILES string of the molecule is CC(C)(C)C#CC1=CCC(C)(C)c2ccc(/C=C/c3ccc(C(=O)O)cc3)cc21. The van der Waals surface area contributed by atoms with Gasteiger partial charge in [-0.1, -0.05) is 68.2 Å². The van der Waals surface area contributed by atoms with E-state index in [4.69, 9.17) is 5.11 Å². The van der Waals surface area contributed by atoms with Crippen molar-refractivity contribution in [2.45, 2.75) is 46.5 Å². The Morgan fingerprint density at radius 1 is 1.03 bits per heavy atom. The largest absolute Gasteiger partial charge is 0.478 e. The highest BCUT2D eigenvalue weighted by Gasteiger charge is 2.27. The Kier molecular flexibility index (Phi) is 5.53. The fourth-order valence-electron chi connectivity index (χ4n) is 3.36. The molecule has 3 rings (SSSR count). The zero-order valence-corrected chi connectivity index (χ0v) is 17.8. The number of carboxylic acids is 1. The lowest BCUT2D eigenvalue weighted by molar-refractivity contribution is 0.0697. The van der Waals surface area contributed by atoms with E-state index in [-0.39, 0.29) is 10.8 Å². The average molecular weight is 385 g/mol. The van der Waals surface area contributed by atoms with E-state index in [1.165, 1.54) is 11.1 Å². The van der Waals surface area contributed by atoms with E-state index in [9.17, 15) is 4.79 Å². The van der Waals surface area contributed by atoms with Crippen LogP contribution in [0.2, 0.25) is 0 Å². The molecule has 0 spiro atoms. The number of fused-ring (bicyclic) bond motifs is 1.